The third kappa shape index (κ3) is 3.21. The molecule has 1 aromatic heterocycles. The van der Waals surface area contributed by atoms with E-state index in [0.29, 0.717) is 0 Å². The number of rotatable bonds is 5. The van der Waals surface area contributed by atoms with Crippen molar-refractivity contribution in [3.63, 3.8) is 0 Å². The number of nitro groups is 1. The van der Waals surface area contributed by atoms with E-state index in [4.69, 9.17) is 0 Å². The van der Waals surface area contributed by atoms with Gasteiger partial charge in [0, 0.05) is 17.0 Å². The van der Waals surface area contributed by atoms with Crippen molar-refractivity contribution in [2.24, 2.45) is 0 Å². The fourth-order valence-electron chi connectivity index (χ4n) is 1.64. The topological polar surface area (TPSA) is 89.3 Å². The lowest BCUT2D eigenvalue weighted by molar-refractivity contribution is -0.384. The quantitative estimate of drug-likeness (QED) is 0.679. The standard InChI is InChI=1S/C12H12N2O4S2/c1-9(12-3-2-8-19-12)13-20(17,18)11-6-4-10(5-7-11)14(15)16/h2-9,13H,1H3/t9-/m0/s1. The van der Waals surface area contributed by atoms with Crippen LogP contribution < -0.4 is 4.72 Å². The molecule has 1 aromatic carbocycles. The smallest absolute Gasteiger partial charge is 0.258 e. The van der Waals surface area contributed by atoms with Crippen LogP contribution in [0, 0.1) is 10.1 Å². The Bertz CT molecular complexity index is 694. The summed E-state index contributed by atoms with van der Waals surface area (Å²) >= 11 is 1.46. The van der Waals surface area contributed by atoms with Gasteiger partial charge in [-0.1, -0.05) is 6.07 Å². The van der Waals surface area contributed by atoms with Crippen molar-refractivity contribution in [1.82, 2.24) is 4.72 Å². The second-order valence-electron chi connectivity index (χ2n) is 4.11. The van der Waals surface area contributed by atoms with Gasteiger partial charge < -0.3 is 0 Å². The maximum atomic E-state index is 12.1. The van der Waals surface area contributed by atoms with Crippen LogP contribution in [0.5, 0.6) is 0 Å². The summed E-state index contributed by atoms with van der Waals surface area (Å²) in [5.41, 5.74) is -0.143. The third-order valence-corrected chi connectivity index (χ3v) is 5.27. The van der Waals surface area contributed by atoms with E-state index >= 15 is 0 Å². The molecule has 0 unspecified atom stereocenters. The number of hydrogen-bond donors (Lipinski definition) is 1. The predicted octanol–water partition coefficient (Wildman–Crippen LogP) is 2.70. The lowest BCUT2D eigenvalue weighted by Gasteiger charge is -2.12. The molecule has 0 amide bonds. The summed E-state index contributed by atoms with van der Waals surface area (Å²) < 4.78 is 26.8. The predicted molar refractivity (Wildman–Crippen MR) is 76.2 cm³/mol. The second-order valence-corrected chi connectivity index (χ2v) is 6.80. The normalized spacial score (nSPS) is 13.1. The first-order valence-corrected chi connectivity index (χ1v) is 8.06. The van der Waals surface area contributed by atoms with E-state index in [1.54, 1.807) is 6.92 Å². The molecule has 0 spiro atoms. The zero-order chi connectivity index (χ0) is 14.8. The van der Waals surface area contributed by atoms with Gasteiger partial charge in [-0.25, -0.2) is 13.1 Å². The van der Waals surface area contributed by atoms with Crippen molar-refractivity contribution in [3.05, 3.63) is 56.8 Å². The SMILES string of the molecule is C[C@H](NS(=O)(=O)c1ccc([N+](=O)[O-])cc1)c1cccs1. The van der Waals surface area contributed by atoms with Crippen LogP contribution in [-0.2, 0) is 10.0 Å². The number of benzene rings is 1. The highest BCUT2D eigenvalue weighted by Gasteiger charge is 2.19. The molecule has 1 atom stereocenters. The second kappa shape index (κ2) is 5.70. The summed E-state index contributed by atoms with van der Waals surface area (Å²) in [5, 5.41) is 12.4. The van der Waals surface area contributed by atoms with Crippen LogP contribution in [0.4, 0.5) is 5.69 Å². The van der Waals surface area contributed by atoms with E-state index in [1.165, 1.54) is 35.6 Å². The number of nitrogens with zero attached hydrogens (tertiary/aromatic N) is 1. The van der Waals surface area contributed by atoms with E-state index in [2.05, 4.69) is 4.72 Å². The molecule has 6 nitrogen and oxygen atoms in total. The summed E-state index contributed by atoms with van der Waals surface area (Å²) in [6, 6.07) is 8.12. The van der Waals surface area contributed by atoms with E-state index in [1.807, 2.05) is 17.5 Å². The molecule has 1 heterocycles. The number of non-ortho nitro benzene ring substituents is 1. The first-order valence-electron chi connectivity index (χ1n) is 5.70. The van der Waals surface area contributed by atoms with Crippen LogP contribution in [0.15, 0.2) is 46.7 Å². The Morgan fingerprint density at radius 1 is 1.25 bits per heavy atom. The highest BCUT2D eigenvalue weighted by Crippen LogP contribution is 2.22. The molecule has 20 heavy (non-hydrogen) atoms. The largest absolute Gasteiger partial charge is 0.269 e. The molecule has 0 saturated heterocycles. The lowest BCUT2D eigenvalue weighted by atomic mass is 10.3. The Balaban J connectivity index is 2.20. The zero-order valence-corrected chi connectivity index (χ0v) is 12.1. The first kappa shape index (κ1) is 14.6. The van der Waals surface area contributed by atoms with E-state index < -0.39 is 14.9 Å². The van der Waals surface area contributed by atoms with Gasteiger partial charge >= 0.3 is 0 Å². The Hall–Kier alpha value is -1.77. The van der Waals surface area contributed by atoms with Gasteiger partial charge in [0.1, 0.15) is 0 Å². The Morgan fingerprint density at radius 3 is 2.40 bits per heavy atom. The minimum Gasteiger partial charge on any atom is -0.258 e. The molecule has 0 aliphatic heterocycles. The average molecular weight is 312 g/mol. The Labute approximate surface area is 120 Å². The fourth-order valence-corrected chi connectivity index (χ4v) is 3.68. The number of sulfonamides is 1. The highest BCUT2D eigenvalue weighted by molar-refractivity contribution is 7.89. The van der Waals surface area contributed by atoms with Crippen molar-refractivity contribution in [2.75, 3.05) is 0 Å². The number of nitro benzene ring substituents is 1. The average Bonchev–Trinajstić information content (AvgIpc) is 2.92. The van der Waals surface area contributed by atoms with Gasteiger partial charge in [0.15, 0.2) is 0 Å². The highest BCUT2D eigenvalue weighted by atomic mass is 32.2. The van der Waals surface area contributed by atoms with Crippen LogP contribution in [0.25, 0.3) is 0 Å². The van der Waals surface area contributed by atoms with Gasteiger partial charge in [0.05, 0.1) is 15.9 Å². The summed E-state index contributed by atoms with van der Waals surface area (Å²) in [4.78, 5) is 10.9. The summed E-state index contributed by atoms with van der Waals surface area (Å²) in [6.45, 7) is 1.74. The zero-order valence-electron chi connectivity index (χ0n) is 10.5. The molecule has 106 valence electrons. The molecule has 0 radical (unpaired) electrons. The molecule has 0 fully saturated rings. The maximum absolute atomic E-state index is 12.1. The lowest BCUT2D eigenvalue weighted by Crippen LogP contribution is -2.26. The molecule has 2 rings (SSSR count). The number of thiophene rings is 1. The summed E-state index contributed by atoms with van der Waals surface area (Å²) in [5.74, 6) is 0. The molecule has 0 aliphatic rings. The Morgan fingerprint density at radius 2 is 1.90 bits per heavy atom. The van der Waals surface area contributed by atoms with Crippen LogP contribution in [-0.4, -0.2) is 13.3 Å². The van der Waals surface area contributed by atoms with Crippen LogP contribution in [0.1, 0.15) is 17.8 Å². The van der Waals surface area contributed by atoms with Gasteiger partial charge in [0.25, 0.3) is 5.69 Å². The summed E-state index contributed by atoms with van der Waals surface area (Å²) in [7, 11) is -3.69. The van der Waals surface area contributed by atoms with Crippen LogP contribution in [0.2, 0.25) is 0 Å². The van der Waals surface area contributed by atoms with Crippen molar-refractivity contribution < 1.29 is 13.3 Å². The third-order valence-electron chi connectivity index (χ3n) is 2.66. The minimum atomic E-state index is -3.69. The first-order chi connectivity index (χ1) is 9.40. The summed E-state index contributed by atoms with van der Waals surface area (Å²) in [6.07, 6.45) is 0. The van der Waals surface area contributed by atoms with Crippen LogP contribution in [0.3, 0.4) is 0 Å². The van der Waals surface area contributed by atoms with E-state index in [9.17, 15) is 18.5 Å². The van der Waals surface area contributed by atoms with Crippen molar-refractivity contribution >= 4 is 27.0 Å². The Kier molecular flexibility index (Phi) is 4.17. The van der Waals surface area contributed by atoms with Crippen molar-refractivity contribution in [2.45, 2.75) is 17.9 Å². The van der Waals surface area contributed by atoms with Gasteiger partial charge in [-0.2, -0.15) is 0 Å². The maximum Gasteiger partial charge on any atom is 0.269 e. The van der Waals surface area contributed by atoms with Gasteiger partial charge in [-0.15, -0.1) is 11.3 Å². The molecule has 8 heteroatoms. The van der Waals surface area contributed by atoms with E-state index in [-0.39, 0.29) is 16.6 Å². The molecular weight excluding hydrogens is 300 g/mol. The molecule has 0 aliphatic carbocycles. The van der Waals surface area contributed by atoms with Gasteiger partial charge in [-0.3, -0.25) is 10.1 Å². The van der Waals surface area contributed by atoms with E-state index in [0.717, 1.165) is 4.88 Å². The number of nitrogens with one attached hydrogen (secondary N) is 1. The minimum absolute atomic E-state index is 0.00602. The molecule has 0 bridgehead atoms. The van der Waals surface area contributed by atoms with Crippen LogP contribution >= 0.6 is 11.3 Å². The van der Waals surface area contributed by atoms with Gasteiger partial charge in [-0.05, 0) is 30.5 Å². The number of hydrogen-bond acceptors (Lipinski definition) is 5. The van der Waals surface area contributed by atoms with Crippen molar-refractivity contribution in [3.8, 4) is 0 Å². The molecular formula is C12H12N2O4S2. The molecule has 0 saturated carbocycles. The van der Waals surface area contributed by atoms with Gasteiger partial charge in [0.2, 0.25) is 10.0 Å². The van der Waals surface area contributed by atoms with Crippen molar-refractivity contribution in [1.29, 1.82) is 0 Å². The molecule has 2 aromatic rings. The fraction of sp³-hybridized carbons (Fsp3) is 0.167. The monoisotopic (exact) mass is 312 g/mol. The molecule has 1 N–H and O–H groups in total.